The smallest absolute Gasteiger partial charge is 0.354 e. The molecule has 3 rings (SSSR count). The molecule has 5 heteroatoms. The zero-order chi connectivity index (χ0) is 12.9. The monoisotopic (exact) mass is 245 g/mol. The van der Waals surface area contributed by atoms with Gasteiger partial charge in [-0.3, -0.25) is 4.40 Å². The van der Waals surface area contributed by atoms with Gasteiger partial charge in [-0.1, -0.05) is 6.42 Å². The molecule has 0 atom stereocenters. The molecule has 1 aliphatic carbocycles. The number of carbonyl (C=O) groups is 1. The SMILES string of the molecule is Cc1nc2cc(C3CCC3)nc(C)n2c1C(=O)O. The minimum absolute atomic E-state index is 0.218. The summed E-state index contributed by atoms with van der Waals surface area (Å²) >= 11 is 0. The quantitative estimate of drug-likeness (QED) is 0.881. The number of aryl methyl sites for hydroxylation is 2. The first kappa shape index (κ1) is 11.2. The molecule has 0 amide bonds. The summed E-state index contributed by atoms with van der Waals surface area (Å²) in [6, 6.07) is 1.93. The summed E-state index contributed by atoms with van der Waals surface area (Å²) in [4.78, 5) is 20.1. The van der Waals surface area contributed by atoms with Crippen LogP contribution in [0.25, 0.3) is 5.65 Å². The Morgan fingerprint density at radius 3 is 2.67 bits per heavy atom. The topological polar surface area (TPSA) is 67.5 Å². The number of imidazole rings is 1. The van der Waals surface area contributed by atoms with Gasteiger partial charge in [-0.25, -0.2) is 14.8 Å². The van der Waals surface area contributed by atoms with Crippen LogP contribution in [0.1, 0.15) is 52.9 Å². The Morgan fingerprint density at radius 1 is 1.39 bits per heavy atom. The third-order valence-electron chi connectivity index (χ3n) is 3.70. The van der Waals surface area contributed by atoms with Crippen molar-refractivity contribution in [3.05, 3.63) is 29.0 Å². The molecule has 0 radical (unpaired) electrons. The van der Waals surface area contributed by atoms with Gasteiger partial charge in [0.25, 0.3) is 0 Å². The highest BCUT2D eigenvalue weighted by atomic mass is 16.4. The number of carboxylic acids is 1. The van der Waals surface area contributed by atoms with E-state index in [1.165, 1.54) is 19.3 Å². The van der Waals surface area contributed by atoms with E-state index in [1.807, 2.05) is 13.0 Å². The molecular formula is C13H15N3O2. The van der Waals surface area contributed by atoms with Gasteiger partial charge >= 0.3 is 5.97 Å². The first-order chi connectivity index (χ1) is 8.58. The molecule has 1 saturated carbocycles. The number of aromatic carboxylic acids is 1. The van der Waals surface area contributed by atoms with Gasteiger partial charge in [-0.15, -0.1) is 0 Å². The first-order valence-corrected chi connectivity index (χ1v) is 6.18. The number of nitrogens with zero attached hydrogens (tertiary/aromatic N) is 3. The fourth-order valence-corrected chi connectivity index (χ4v) is 2.54. The number of aromatic nitrogens is 3. The second-order valence-corrected chi connectivity index (χ2v) is 4.90. The standard InChI is InChI=1S/C13H15N3O2/c1-7-12(13(17)18)16-8(2)15-10(6-11(16)14-7)9-4-3-5-9/h6,9H,3-5H2,1-2H3,(H,17,18). The molecular weight excluding hydrogens is 230 g/mol. The Bertz CT molecular complexity index is 641. The summed E-state index contributed by atoms with van der Waals surface area (Å²) < 4.78 is 1.62. The molecule has 0 spiro atoms. The molecule has 0 unspecified atom stereocenters. The van der Waals surface area contributed by atoms with Gasteiger partial charge in [0, 0.05) is 17.7 Å². The molecule has 0 aliphatic heterocycles. The van der Waals surface area contributed by atoms with E-state index in [4.69, 9.17) is 0 Å². The van der Waals surface area contributed by atoms with Crippen molar-refractivity contribution < 1.29 is 9.90 Å². The lowest BCUT2D eigenvalue weighted by Crippen LogP contribution is -2.14. The molecule has 5 nitrogen and oxygen atoms in total. The molecule has 0 bridgehead atoms. The summed E-state index contributed by atoms with van der Waals surface area (Å²) in [6.45, 7) is 3.56. The maximum Gasteiger partial charge on any atom is 0.354 e. The number of carboxylic acid groups (broad SMARTS) is 1. The summed E-state index contributed by atoms with van der Waals surface area (Å²) in [7, 11) is 0. The van der Waals surface area contributed by atoms with Crippen LogP contribution in [-0.2, 0) is 0 Å². The molecule has 0 aromatic carbocycles. The van der Waals surface area contributed by atoms with Crippen molar-refractivity contribution in [2.45, 2.75) is 39.0 Å². The van der Waals surface area contributed by atoms with Crippen molar-refractivity contribution >= 4 is 11.6 Å². The van der Waals surface area contributed by atoms with E-state index in [0.717, 1.165) is 5.69 Å². The van der Waals surface area contributed by atoms with Crippen LogP contribution < -0.4 is 0 Å². The van der Waals surface area contributed by atoms with Crippen LogP contribution in [-0.4, -0.2) is 25.4 Å². The van der Waals surface area contributed by atoms with Crippen LogP contribution in [0.15, 0.2) is 6.07 Å². The van der Waals surface area contributed by atoms with Crippen LogP contribution in [0, 0.1) is 13.8 Å². The molecule has 1 aliphatic rings. The van der Waals surface area contributed by atoms with Crippen molar-refractivity contribution in [3.63, 3.8) is 0 Å². The third kappa shape index (κ3) is 1.50. The normalized spacial score (nSPS) is 15.9. The molecule has 94 valence electrons. The summed E-state index contributed by atoms with van der Waals surface area (Å²) in [5, 5.41) is 9.22. The number of hydrogen-bond acceptors (Lipinski definition) is 3. The summed E-state index contributed by atoms with van der Waals surface area (Å²) in [6.07, 6.45) is 3.60. The Hall–Kier alpha value is -1.91. The summed E-state index contributed by atoms with van der Waals surface area (Å²) in [5.41, 5.74) is 2.50. The average molecular weight is 245 g/mol. The molecule has 1 N–H and O–H groups in total. The second-order valence-electron chi connectivity index (χ2n) is 4.90. The highest BCUT2D eigenvalue weighted by molar-refractivity contribution is 5.88. The largest absolute Gasteiger partial charge is 0.477 e. The van der Waals surface area contributed by atoms with Crippen LogP contribution in [0.2, 0.25) is 0 Å². The van der Waals surface area contributed by atoms with Crippen molar-refractivity contribution in [1.82, 2.24) is 14.4 Å². The lowest BCUT2D eigenvalue weighted by Gasteiger charge is -2.25. The van der Waals surface area contributed by atoms with Crippen molar-refractivity contribution in [3.8, 4) is 0 Å². The molecule has 18 heavy (non-hydrogen) atoms. The third-order valence-corrected chi connectivity index (χ3v) is 3.70. The minimum Gasteiger partial charge on any atom is -0.477 e. The summed E-state index contributed by atoms with van der Waals surface area (Å²) in [5.74, 6) is 0.271. The number of fused-ring (bicyclic) bond motifs is 1. The van der Waals surface area contributed by atoms with E-state index in [1.54, 1.807) is 11.3 Å². The lowest BCUT2D eigenvalue weighted by molar-refractivity contribution is 0.0688. The van der Waals surface area contributed by atoms with Gasteiger partial charge in [0.2, 0.25) is 0 Å². The molecule has 2 aromatic heterocycles. The fraction of sp³-hybridized carbons (Fsp3) is 0.462. The molecule has 2 heterocycles. The van der Waals surface area contributed by atoms with Gasteiger partial charge in [0.05, 0.1) is 5.69 Å². The molecule has 0 saturated heterocycles. The Kier molecular flexibility index (Phi) is 2.36. The van der Waals surface area contributed by atoms with E-state index >= 15 is 0 Å². The Balaban J connectivity index is 2.23. The predicted molar refractivity (Wildman–Crippen MR) is 66.0 cm³/mol. The predicted octanol–water partition coefficient (Wildman–Crippen LogP) is 2.31. The van der Waals surface area contributed by atoms with Crippen LogP contribution >= 0.6 is 0 Å². The maximum absolute atomic E-state index is 11.2. The van der Waals surface area contributed by atoms with Gasteiger partial charge in [-0.05, 0) is 26.7 Å². The highest BCUT2D eigenvalue weighted by Crippen LogP contribution is 2.35. The lowest BCUT2D eigenvalue weighted by atomic mass is 9.83. The first-order valence-electron chi connectivity index (χ1n) is 6.18. The van der Waals surface area contributed by atoms with Crippen LogP contribution in [0.3, 0.4) is 0 Å². The van der Waals surface area contributed by atoms with Gasteiger partial charge in [0.15, 0.2) is 5.69 Å². The second kappa shape index (κ2) is 3.80. The van der Waals surface area contributed by atoms with Crippen molar-refractivity contribution in [1.29, 1.82) is 0 Å². The van der Waals surface area contributed by atoms with E-state index in [-0.39, 0.29) is 5.69 Å². The van der Waals surface area contributed by atoms with E-state index < -0.39 is 5.97 Å². The highest BCUT2D eigenvalue weighted by Gasteiger charge is 2.24. The van der Waals surface area contributed by atoms with Gasteiger partial charge in [0.1, 0.15) is 11.5 Å². The maximum atomic E-state index is 11.2. The zero-order valence-corrected chi connectivity index (χ0v) is 10.5. The van der Waals surface area contributed by atoms with Crippen molar-refractivity contribution in [2.24, 2.45) is 0 Å². The molecule has 1 fully saturated rings. The van der Waals surface area contributed by atoms with E-state index in [9.17, 15) is 9.90 Å². The Labute approximate surface area is 104 Å². The van der Waals surface area contributed by atoms with Crippen LogP contribution in [0.4, 0.5) is 0 Å². The van der Waals surface area contributed by atoms with Gasteiger partial charge < -0.3 is 5.11 Å². The van der Waals surface area contributed by atoms with E-state index in [0.29, 0.717) is 23.1 Å². The molecule has 2 aromatic rings. The van der Waals surface area contributed by atoms with Crippen LogP contribution in [0.5, 0.6) is 0 Å². The minimum atomic E-state index is -0.957. The van der Waals surface area contributed by atoms with Crippen molar-refractivity contribution in [2.75, 3.05) is 0 Å². The van der Waals surface area contributed by atoms with Gasteiger partial charge in [-0.2, -0.15) is 0 Å². The van der Waals surface area contributed by atoms with E-state index in [2.05, 4.69) is 9.97 Å². The fourth-order valence-electron chi connectivity index (χ4n) is 2.54. The average Bonchev–Trinajstić information content (AvgIpc) is 2.51. The number of rotatable bonds is 2. The Morgan fingerprint density at radius 2 is 2.11 bits per heavy atom. The zero-order valence-electron chi connectivity index (χ0n) is 10.5. The number of hydrogen-bond donors (Lipinski definition) is 1.